The van der Waals surface area contributed by atoms with Crippen molar-refractivity contribution in [2.75, 3.05) is 0 Å². The Balaban J connectivity index is 1.78. The van der Waals surface area contributed by atoms with Gasteiger partial charge in [-0.3, -0.25) is 4.79 Å². The van der Waals surface area contributed by atoms with Gasteiger partial charge in [0, 0.05) is 12.8 Å². The summed E-state index contributed by atoms with van der Waals surface area (Å²) in [5, 5.41) is 0. The average molecular weight is 264 g/mol. The van der Waals surface area contributed by atoms with Crippen LogP contribution in [-0.2, 0) is 21.6 Å². The van der Waals surface area contributed by atoms with E-state index in [1.807, 2.05) is 6.92 Å². The van der Waals surface area contributed by atoms with E-state index < -0.39 is 5.60 Å². The lowest BCUT2D eigenvalue weighted by molar-refractivity contribution is -0.147. The molecule has 1 aliphatic heterocycles. The number of ether oxygens (including phenoxy) is 1. The molecule has 2 aliphatic rings. The Bertz CT molecular complexity index is 717. The first-order valence-electron chi connectivity index (χ1n) is 7.09. The van der Waals surface area contributed by atoms with Crippen LogP contribution in [0.3, 0.4) is 0 Å². The van der Waals surface area contributed by atoms with Crippen molar-refractivity contribution in [2.45, 2.75) is 31.8 Å². The Morgan fingerprint density at radius 3 is 2.65 bits per heavy atom. The number of carbonyl (C=O) groups excluding carboxylic acids is 1. The quantitative estimate of drug-likeness (QED) is 0.625. The van der Waals surface area contributed by atoms with Gasteiger partial charge >= 0.3 is 5.97 Å². The molecule has 2 heteroatoms. The zero-order chi connectivity index (χ0) is 13.7. The van der Waals surface area contributed by atoms with Crippen LogP contribution in [0.15, 0.2) is 42.5 Å². The Labute approximate surface area is 118 Å². The van der Waals surface area contributed by atoms with Crippen LogP contribution in [0.25, 0.3) is 11.1 Å². The summed E-state index contributed by atoms with van der Waals surface area (Å²) in [5.74, 6) is -0.0868. The highest BCUT2D eigenvalue weighted by molar-refractivity contribution is 5.77. The van der Waals surface area contributed by atoms with Gasteiger partial charge in [0.25, 0.3) is 0 Å². The minimum Gasteiger partial charge on any atom is -0.454 e. The molecule has 2 nitrogen and oxygen atoms in total. The first kappa shape index (κ1) is 11.7. The first-order chi connectivity index (χ1) is 9.66. The lowest BCUT2D eigenvalue weighted by Crippen LogP contribution is -2.21. The minimum absolute atomic E-state index is 0.0868. The van der Waals surface area contributed by atoms with E-state index in [2.05, 4.69) is 42.5 Å². The van der Waals surface area contributed by atoms with Crippen LogP contribution in [-0.4, -0.2) is 5.97 Å². The molecule has 1 saturated heterocycles. The zero-order valence-corrected chi connectivity index (χ0v) is 11.5. The van der Waals surface area contributed by atoms with Crippen LogP contribution in [0, 0.1) is 0 Å². The first-order valence-corrected chi connectivity index (χ1v) is 7.09. The molecule has 0 N–H and O–H groups in total. The third-order valence-corrected chi connectivity index (χ3v) is 4.55. The van der Waals surface area contributed by atoms with Crippen LogP contribution in [0.2, 0.25) is 0 Å². The number of benzene rings is 2. The molecule has 1 unspecified atom stereocenters. The van der Waals surface area contributed by atoms with E-state index in [-0.39, 0.29) is 5.97 Å². The minimum atomic E-state index is -0.444. The lowest BCUT2D eigenvalue weighted by atomic mass is 9.90. The predicted molar refractivity (Wildman–Crippen MR) is 77.4 cm³/mol. The van der Waals surface area contributed by atoms with Crippen molar-refractivity contribution in [1.82, 2.24) is 0 Å². The topological polar surface area (TPSA) is 26.3 Å². The number of hydrogen-bond donors (Lipinski definition) is 0. The van der Waals surface area contributed by atoms with Crippen molar-refractivity contribution < 1.29 is 9.53 Å². The van der Waals surface area contributed by atoms with Crippen molar-refractivity contribution in [3.05, 3.63) is 59.2 Å². The Kier molecular flexibility index (Phi) is 2.31. The zero-order valence-electron chi connectivity index (χ0n) is 11.5. The van der Waals surface area contributed by atoms with E-state index in [1.165, 1.54) is 22.3 Å². The van der Waals surface area contributed by atoms with Gasteiger partial charge in [-0.1, -0.05) is 42.5 Å². The molecule has 0 saturated carbocycles. The van der Waals surface area contributed by atoms with Crippen LogP contribution in [0.1, 0.15) is 36.5 Å². The number of esters is 1. The van der Waals surface area contributed by atoms with Gasteiger partial charge in [-0.2, -0.15) is 0 Å². The largest absolute Gasteiger partial charge is 0.454 e. The highest BCUT2D eigenvalue weighted by atomic mass is 16.6. The van der Waals surface area contributed by atoms with Crippen molar-refractivity contribution in [2.24, 2.45) is 0 Å². The lowest BCUT2D eigenvalue weighted by Gasteiger charge is -2.23. The summed E-state index contributed by atoms with van der Waals surface area (Å²) in [6, 6.07) is 15.0. The Morgan fingerprint density at radius 2 is 1.85 bits per heavy atom. The maximum absolute atomic E-state index is 11.4. The molecule has 100 valence electrons. The molecule has 0 bridgehead atoms. The van der Waals surface area contributed by atoms with E-state index in [0.717, 1.165) is 18.4 Å². The summed E-state index contributed by atoms with van der Waals surface area (Å²) in [6.45, 7) is 2.02. The molecular formula is C18H16O2. The van der Waals surface area contributed by atoms with Gasteiger partial charge < -0.3 is 4.74 Å². The number of rotatable bonds is 1. The summed E-state index contributed by atoms with van der Waals surface area (Å²) in [7, 11) is 0. The van der Waals surface area contributed by atoms with Gasteiger partial charge in [0.2, 0.25) is 0 Å². The van der Waals surface area contributed by atoms with Gasteiger partial charge in [-0.05, 0) is 41.2 Å². The molecule has 0 radical (unpaired) electrons. The molecular weight excluding hydrogens is 248 g/mol. The molecule has 0 aromatic heterocycles. The Morgan fingerprint density at radius 1 is 1.05 bits per heavy atom. The summed E-state index contributed by atoms with van der Waals surface area (Å²) < 4.78 is 5.53. The van der Waals surface area contributed by atoms with E-state index in [1.54, 1.807) is 0 Å². The van der Waals surface area contributed by atoms with Crippen molar-refractivity contribution in [3.63, 3.8) is 0 Å². The van der Waals surface area contributed by atoms with Crippen LogP contribution >= 0.6 is 0 Å². The van der Waals surface area contributed by atoms with E-state index in [4.69, 9.17) is 4.74 Å². The predicted octanol–water partition coefficient (Wildman–Crippen LogP) is 3.81. The van der Waals surface area contributed by atoms with E-state index in [9.17, 15) is 4.79 Å². The fourth-order valence-corrected chi connectivity index (χ4v) is 3.37. The van der Waals surface area contributed by atoms with Gasteiger partial charge in [0.15, 0.2) is 0 Å². The monoisotopic (exact) mass is 264 g/mol. The second-order valence-electron chi connectivity index (χ2n) is 5.91. The van der Waals surface area contributed by atoms with E-state index >= 15 is 0 Å². The normalized spacial score (nSPS) is 23.4. The summed E-state index contributed by atoms with van der Waals surface area (Å²) in [6.07, 6.45) is 2.27. The molecule has 0 amide bonds. The summed E-state index contributed by atoms with van der Waals surface area (Å²) >= 11 is 0. The molecule has 2 aromatic carbocycles. The van der Waals surface area contributed by atoms with E-state index in [0.29, 0.717) is 6.42 Å². The second kappa shape index (κ2) is 3.95. The molecule has 2 aromatic rings. The highest BCUT2D eigenvalue weighted by Gasteiger charge is 2.38. The summed E-state index contributed by atoms with van der Waals surface area (Å²) in [4.78, 5) is 11.4. The number of fused-ring (bicyclic) bond motifs is 3. The number of hydrogen-bond acceptors (Lipinski definition) is 2. The van der Waals surface area contributed by atoms with Gasteiger partial charge in [0.05, 0.1) is 0 Å². The second-order valence-corrected chi connectivity index (χ2v) is 5.91. The molecule has 1 atom stereocenters. The smallest absolute Gasteiger partial charge is 0.306 e. The van der Waals surface area contributed by atoms with Crippen LogP contribution in [0.5, 0.6) is 0 Å². The Hall–Kier alpha value is -2.09. The van der Waals surface area contributed by atoms with Crippen LogP contribution in [0.4, 0.5) is 0 Å². The average Bonchev–Trinajstić information content (AvgIpc) is 2.99. The standard InChI is InChI=1S/C18H16O2/c1-18(9-8-17(19)20-18)14-6-7-16-13(11-14)10-12-4-2-3-5-15(12)16/h2-7,11H,8-10H2,1H3. The van der Waals surface area contributed by atoms with Crippen LogP contribution < -0.4 is 0 Å². The molecule has 4 rings (SSSR count). The number of cyclic esters (lactones) is 1. The molecule has 0 spiro atoms. The molecule has 1 fully saturated rings. The fourth-order valence-electron chi connectivity index (χ4n) is 3.37. The third kappa shape index (κ3) is 1.61. The summed E-state index contributed by atoms with van der Waals surface area (Å²) in [5.41, 5.74) is 6.05. The third-order valence-electron chi connectivity index (χ3n) is 4.55. The SMILES string of the molecule is CC1(c2ccc3c(c2)Cc2ccccc2-3)CCC(=O)O1. The molecule has 1 aliphatic carbocycles. The van der Waals surface area contributed by atoms with Crippen molar-refractivity contribution in [1.29, 1.82) is 0 Å². The maximum atomic E-state index is 11.4. The maximum Gasteiger partial charge on any atom is 0.306 e. The molecule has 1 heterocycles. The highest BCUT2D eigenvalue weighted by Crippen LogP contribution is 2.41. The number of carbonyl (C=O) groups is 1. The fraction of sp³-hybridized carbons (Fsp3) is 0.278. The van der Waals surface area contributed by atoms with Crippen molar-refractivity contribution in [3.8, 4) is 11.1 Å². The van der Waals surface area contributed by atoms with Gasteiger partial charge in [0.1, 0.15) is 5.60 Å². The molecule has 20 heavy (non-hydrogen) atoms. The van der Waals surface area contributed by atoms with Gasteiger partial charge in [-0.15, -0.1) is 0 Å². The van der Waals surface area contributed by atoms with Crippen molar-refractivity contribution >= 4 is 5.97 Å². The van der Waals surface area contributed by atoms with Gasteiger partial charge in [-0.25, -0.2) is 0 Å².